The van der Waals surface area contributed by atoms with E-state index < -0.39 is 18.9 Å². The number of ether oxygens (including phenoxy) is 1. The van der Waals surface area contributed by atoms with E-state index >= 15 is 0 Å². The maximum atomic E-state index is 12.0. The van der Waals surface area contributed by atoms with Gasteiger partial charge in [0.25, 0.3) is 0 Å². The zero-order valence-corrected chi connectivity index (χ0v) is 10.7. The fourth-order valence-electron chi connectivity index (χ4n) is 2.11. The summed E-state index contributed by atoms with van der Waals surface area (Å²) in [6.07, 6.45) is -3.50. The zero-order chi connectivity index (χ0) is 14.6. The Hall–Kier alpha value is -1.92. The third-order valence-electron chi connectivity index (χ3n) is 2.95. The molecule has 7 heteroatoms. The molecule has 0 radical (unpaired) electrons. The van der Waals surface area contributed by atoms with Crippen LogP contribution in [-0.2, 0) is 4.74 Å². The minimum atomic E-state index is -4.52. The number of hydrogen-bond acceptors (Lipinski definition) is 3. The Balaban J connectivity index is 2.00. The maximum absolute atomic E-state index is 12.0. The Morgan fingerprint density at radius 1 is 1.25 bits per heavy atom. The molecule has 1 aliphatic heterocycles. The average Bonchev–Trinajstić information content (AvgIpc) is 2.90. The Kier molecular flexibility index (Phi) is 4.36. The van der Waals surface area contributed by atoms with E-state index in [4.69, 9.17) is 0 Å². The van der Waals surface area contributed by atoms with Crippen molar-refractivity contribution in [2.75, 3.05) is 29.9 Å². The van der Waals surface area contributed by atoms with Crippen LogP contribution >= 0.6 is 0 Å². The molecule has 4 nitrogen and oxygen atoms in total. The number of alkyl halides is 3. The van der Waals surface area contributed by atoms with Gasteiger partial charge in [0.1, 0.15) is 0 Å². The highest BCUT2D eigenvalue weighted by Crippen LogP contribution is 2.28. The first-order valence-electron chi connectivity index (χ1n) is 6.30. The van der Waals surface area contributed by atoms with E-state index in [0.717, 1.165) is 31.6 Å². The lowest BCUT2D eigenvalue weighted by atomic mass is 10.2. The molecule has 1 heterocycles. The second-order valence-corrected chi connectivity index (χ2v) is 4.53. The number of nitrogens with zero attached hydrogens (tertiary/aromatic N) is 1. The van der Waals surface area contributed by atoms with Gasteiger partial charge >= 0.3 is 12.3 Å². The van der Waals surface area contributed by atoms with Crippen molar-refractivity contribution in [3.63, 3.8) is 0 Å². The summed E-state index contributed by atoms with van der Waals surface area (Å²) in [6.45, 7) is 0.150. The van der Waals surface area contributed by atoms with Crippen molar-refractivity contribution >= 4 is 17.5 Å². The molecule has 0 bridgehead atoms. The largest absolute Gasteiger partial charge is 0.440 e. The van der Waals surface area contributed by atoms with Crippen LogP contribution < -0.4 is 10.2 Å². The molecule has 0 atom stereocenters. The van der Waals surface area contributed by atoms with Crippen molar-refractivity contribution in [3.05, 3.63) is 24.3 Å². The second kappa shape index (κ2) is 6.02. The Labute approximate surface area is 114 Å². The van der Waals surface area contributed by atoms with Crippen LogP contribution in [0.25, 0.3) is 0 Å². The molecule has 2 rings (SSSR count). The molecular formula is C13H15F3N2O2. The third kappa shape index (κ3) is 4.04. The molecule has 1 fully saturated rings. The van der Waals surface area contributed by atoms with Crippen molar-refractivity contribution in [1.82, 2.24) is 0 Å². The quantitative estimate of drug-likeness (QED) is 0.927. The number of carbonyl (C=O) groups is 1. The number of halogens is 3. The summed E-state index contributed by atoms with van der Waals surface area (Å²) in [5.74, 6) is 0. The average molecular weight is 288 g/mol. The minimum Gasteiger partial charge on any atom is -0.440 e. The van der Waals surface area contributed by atoms with Crippen LogP contribution in [0.5, 0.6) is 0 Å². The van der Waals surface area contributed by atoms with E-state index in [1.807, 2.05) is 12.1 Å². The normalized spacial score (nSPS) is 15.2. The van der Waals surface area contributed by atoms with Gasteiger partial charge in [-0.15, -0.1) is 0 Å². The molecule has 1 aliphatic rings. The number of amides is 1. The fraction of sp³-hybridized carbons (Fsp3) is 0.462. The summed E-state index contributed by atoms with van der Waals surface area (Å²) in [7, 11) is 0. The molecule has 1 aromatic carbocycles. The van der Waals surface area contributed by atoms with Gasteiger partial charge in [0.2, 0.25) is 0 Å². The van der Waals surface area contributed by atoms with Gasteiger partial charge in [-0.05, 0) is 25.0 Å². The standard InChI is InChI=1S/C13H15F3N2O2/c14-13(15,16)9-20-12(19)17-10-5-1-2-6-11(10)18-7-3-4-8-18/h1-2,5-6H,3-4,7-9H2,(H,17,19). The highest BCUT2D eigenvalue weighted by atomic mass is 19.4. The number of para-hydroxylation sites is 2. The number of nitrogens with one attached hydrogen (secondary N) is 1. The molecule has 110 valence electrons. The Morgan fingerprint density at radius 2 is 1.90 bits per heavy atom. The molecule has 1 amide bonds. The highest BCUT2D eigenvalue weighted by molar-refractivity contribution is 5.89. The lowest BCUT2D eigenvalue weighted by molar-refractivity contribution is -0.159. The van der Waals surface area contributed by atoms with Gasteiger partial charge in [-0.2, -0.15) is 13.2 Å². The van der Waals surface area contributed by atoms with Gasteiger partial charge in [-0.3, -0.25) is 5.32 Å². The van der Waals surface area contributed by atoms with E-state index in [-0.39, 0.29) is 0 Å². The van der Waals surface area contributed by atoms with Crippen molar-refractivity contribution in [3.8, 4) is 0 Å². The Morgan fingerprint density at radius 3 is 2.55 bits per heavy atom. The van der Waals surface area contributed by atoms with Gasteiger partial charge in [-0.1, -0.05) is 12.1 Å². The van der Waals surface area contributed by atoms with Crippen LogP contribution in [0.2, 0.25) is 0 Å². The van der Waals surface area contributed by atoms with Crippen LogP contribution in [0, 0.1) is 0 Å². The molecular weight excluding hydrogens is 273 g/mol. The number of carbonyl (C=O) groups excluding carboxylic acids is 1. The van der Waals surface area contributed by atoms with E-state index in [0.29, 0.717) is 5.69 Å². The zero-order valence-electron chi connectivity index (χ0n) is 10.7. The summed E-state index contributed by atoms with van der Waals surface area (Å²) in [5.41, 5.74) is 1.26. The van der Waals surface area contributed by atoms with E-state index in [1.54, 1.807) is 12.1 Å². The van der Waals surface area contributed by atoms with Crippen molar-refractivity contribution in [2.24, 2.45) is 0 Å². The van der Waals surface area contributed by atoms with E-state index in [1.165, 1.54) is 0 Å². The number of benzene rings is 1. The van der Waals surface area contributed by atoms with Gasteiger partial charge in [0.05, 0.1) is 11.4 Å². The van der Waals surface area contributed by atoms with E-state index in [9.17, 15) is 18.0 Å². The molecule has 0 aromatic heterocycles. The fourth-order valence-corrected chi connectivity index (χ4v) is 2.11. The smallest absolute Gasteiger partial charge is 0.422 e. The van der Waals surface area contributed by atoms with Crippen molar-refractivity contribution in [1.29, 1.82) is 0 Å². The summed E-state index contributed by atoms with van der Waals surface area (Å²) in [6, 6.07) is 6.99. The maximum Gasteiger partial charge on any atom is 0.422 e. The minimum absolute atomic E-state index is 0.460. The molecule has 0 unspecified atom stereocenters. The van der Waals surface area contributed by atoms with Crippen molar-refractivity contribution < 1.29 is 22.7 Å². The highest BCUT2D eigenvalue weighted by Gasteiger charge is 2.29. The monoisotopic (exact) mass is 288 g/mol. The first-order valence-corrected chi connectivity index (χ1v) is 6.30. The van der Waals surface area contributed by atoms with Crippen LogP contribution in [0.15, 0.2) is 24.3 Å². The van der Waals surface area contributed by atoms with E-state index in [2.05, 4.69) is 15.0 Å². The van der Waals surface area contributed by atoms with Crippen LogP contribution in [0.4, 0.5) is 29.3 Å². The first-order chi connectivity index (χ1) is 9.46. The molecule has 1 N–H and O–H groups in total. The van der Waals surface area contributed by atoms with Gasteiger partial charge in [-0.25, -0.2) is 4.79 Å². The predicted molar refractivity (Wildman–Crippen MR) is 68.9 cm³/mol. The van der Waals surface area contributed by atoms with Crippen LogP contribution in [0.1, 0.15) is 12.8 Å². The number of anilines is 2. The van der Waals surface area contributed by atoms with Gasteiger partial charge < -0.3 is 9.64 Å². The third-order valence-corrected chi connectivity index (χ3v) is 2.95. The summed E-state index contributed by atoms with van der Waals surface area (Å²) in [4.78, 5) is 13.5. The van der Waals surface area contributed by atoms with Crippen LogP contribution in [0.3, 0.4) is 0 Å². The van der Waals surface area contributed by atoms with Crippen LogP contribution in [-0.4, -0.2) is 32.0 Å². The first kappa shape index (κ1) is 14.5. The topological polar surface area (TPSA) is 41.6 Å². The molecule has 0 spiro atoms. The molecule has 0 saturated carbocycles. The molecule has 20 heavy (non-hydrogen) atoms. The number of hydrogen-bond donors (Lipinski definition) is 1. The second-order valence-electron chi connectivity index (χ2n) is 4.53. The molecule has 0 aliphatic carbocycles. The van der Waals surface area contributed by atoms with Gasteiger partial charge in [0.15, 0.2) is 6.61 Å². The SMILES string of the molecule is O=C(Nc1ccccc1N1CCCC1)OCC(F)(F)F. The molecule has 1 saturated heterocycles. The summed E-state index contributed by atoms with van der Waals surface area (Å²) >= 11 is 0. The van der Waals surface area contributed by atoms with Crippen molar-refractivity contribution in [2.45, 2.75) is 19.0 Å². The predicted octanol–water partition coefficient (Wildman–Crippen LogP) is 3.40. The molecule has 1 aromatic rings. The lowest BCUT2D eigenvalue weighted by Crippen LogP contribution is -2.25. The van der Waals surface area contributed by atoms with Gasteiger partial charge in [0, 0.05) is 13.1 Å². The Bertz CT molecular complexity index is 471. The summed E-state index contributed by atoms with van der Waals surface area (Å²) < 4.78 is 40.0. The summed E-state index contributed by atoms with van der Waals surface area (Å²) in [5, 5.41) is 2.36. The number of rotatable bonds is 3. The lowest BCUT2D eigenvalue weighted by Gasteiger charge is -2.21.